The van der Waals surface area contributed by atoms with Gasteiger partial charge in [0.05, 0.1) is 30.4 Å². The average molecular weight is 509 g/mol. The van der Waals surface area contributed by atoms with E-state index in [1.54, 1.807) is 31.3 Å². The molecule has 1 saturated heterocycles. The molecule has 1 aliphatic heterocycles. The zero-order valence-electron chi connectivity index (χ0n) is 20.1. The van der Waals surface area contributed by atoms with E-state index in [9.17, 15) is 30.3 Å². The van der Waals surface area contributed by atoms with E-state index in [4.69, 9.17) is 5.73 Å². The summed E-state index contributed by atoms with van der Waals surface area (Å²) in [4.78, 5) is 32.8. The molecule has 36 heavy (non-hydrogen) atoms. The number of aromatic nitrogens is 1. The lowest BCUT2D eigenvalue weighted by Crippen LogP contribution is -2.39. The molecule has 2 heterocycles. The number of nitriles is 2. The van der Waals surface area contributed by atoms with Gasteiger partial charge in [-0.1, -0.05) is 49.0 Å². The maximum atomic E-state index is 12.9. The fourth-order valence-corrected chi connectivity index (χ4v) is 5.25. The number of carbonyl (C=O) groups excluding carboxylic acids is 2. The van der Waals surface area contributed by atoms with Crippen molar-refractivity contribution in [3.63, 3.8) is 0 Å². The number of carbonyl (C=O) groups is 2. The standard InChI is InChI=1S/C25H28N6O4S/c1-3-17-18(9-26)24(30(2)13-21(34)31-11-16(14-32)20(33)12-31)29-25(19(17)10-27)36-22(23(28)35)15-7-5-4-6-8-15/h4-8,16,20,22,32-33H,3,11-14H2,1-2H3,(H2,28,35)/t16-,20-,22?/m0/s1. The number of hydrogen-bond acceptors (Lipinski definition) is 9. The number of nitrogens with two attached hydrogens (primary N) is 1. The van der Waals surface area contributed by atoms with Gasteiger partial charge in [-0.25, -0.2) is 4.98 Å². The SMILES string of the molecule is CCc1c(C#N)c(SC(C(N)=O)c2ccccc2)nc(N(C)CC(=O)N2C[C@@H](CO)[C@@H](O)C2)c1C#N. The van der Waals surface area contributed by atoms with Gasteiger partial charge in [-0.3, -0.25) is 9.59 Å². The van der Waals surface area contributed by atoms with Crippen LogP contribution in [0.3, 0.4) is 0 Å². The largest absolute Gasteiger partial charge is 0.396 e. The summed E-state index contributed by atoms with van der Waals surface area (Å²) >= 11 is 1.03. The van der Waals surface area contributed by atoms with Gasteiger partial charge in [0.25, 0.3) is 0 Å². The first-order valence-electron chi connectivity index (χ1n) is 11.4. The van der Waals surface area contributed by atoms with Crippen molar-refractivity contribution in [3.8, 4) is 12.1 Å². The van der Waals surface area contributed by atoms with E-state index < -0.39 is 23.2 Å². The number of pyridine rings is 1. The van der Waals surface area contributed by atoms with Crippen LogP contribution in [0.15, 0.2) is 35.4 Å². The molecular weight excluding hydrogens is 480 g/mol. The zero-order valence-corrected chi connectivity index (χ0v) is 20.9. The van der Waals surface area contributed by atoms with Crippen LogP contribution in [0.4, 0.5) is 5.82 Å². The molecule has 1 unspecified atom stereocenters. The van der Waals surface area contributed by atoms with Crippen LogP contribution in [0.5, 0.6) is 0 Å². The van der Waals surface area contributed by atoms with Crippen LogP contribution in [-0.4, -0.2) is 71.3 Å². The number of likely N-dealkylation sites (N-methyl/N-ethyl adjacent to an activating group) is 1. The summed E-state index contributed by atoms with van der Waals surface area (Å²) in [6.45, 7) is 1.80. The van der Waals surface area contributed by atoms with Crippen molar-refractivity contribution in [1.29, 1.82) is 10.5 Å². The van der Waals surface area contributed by atoms with Gasteiger partial charge in [0.2, 0.25) is 11.8 Å². The highest BCUT2D eigenvalue weighted by Gasteiger charge is 2.34. The van der Waals surface area contributed by atoms with E-state index in [1.165, 1.54) is 9.80 Å². The molecule has 1 aromatic carbocycles. The predicted octanol–water partition coefficient (Wildman–Crippen LogP) is 0.954. The number of thioether (sulfide) groups is 1. The third kappa shape index (κ3) is 5.60. The average Bonchev–Trinajstić information content (AvgIpc) is 3.27. The highest BCUT2D eigenvalue weighted by atomic mass is 32.2. The van der Waals surface area contributed by atoms with Gasteiger partial charge in [0, 0.05) is 26.1 Å². The summed E-state index contributed by atoms with van der Waals surface area (Å²) in [6, 6.07) is 13.1. The van der Waals surface area contributed by atoms with Crippen molar-refractivity contribution >= 4 is 29.4 Å². The molecular formula is C25H28N6O4S. The molecule has 1 aromatic heterocycles. The van der Waals surface area contributed by atoms with Crippen molar-refractivity contribution in [1.82, 2.24) is 9.88 Å². The van der Waals surface area contributed by atoms with Crippen LogP contribution in [0.2, 0.25) is 0 Å². The van der Waals surface area contributed by atoms with E-state index in [1.807, 2.05) is 13.0 Å². The number of likely N-dealkylation sites (tertiary alicyclic amines) is 1. The fourth-order valence-electron chi connectivity index (χ4n) is 4.19. The van der Waals surface area contributed by atoms with E-state index in [-0.39, 0.29) is 54.1 Å². The van der Waals surface area contributed by atoms with Gasteiger partial charge in [-0.05, 0) is 17.5 Å². The number of amides is 2. The lowest BCUT2D eigenvalue weighted by atomic mass is 10.0. The third-order valence-corrected chi connectivity index (χ3v) is 7.40. The highest BCUT2D eigenvalue weighted by Crippen LogP contribution is 2.39. The maximum Gasteiger partial charge on any atom is 0.242 e. The minimum atomic E-state index is -0.815. The molecule has 11 heteroatoms. The normalized spacial score (nSPS) is 17.8. The van der Waals surface area contributed by atoms with E-state index in [0.717, 1.165) is 11.8 Å². The van der Waals surface area contributed by atoms with Gasteiger partial charge in [-0.15, -0.1) is 0 Å². The second-order valence-corrected chi connectivity index (χ2v) is 9.62. The second kappa shape index (κ2) is 11.9. The summed E-state index contributed by atoms with van der Waals surface area (Å²) in [7, 11) is 1.61. The number of benzene rings is 1. The maximum absolute atomic E-state index is 12.9. The minimum Gasteiger partial charge on any atom is -0.396 e. The number of nitrogens with zero attached hydrogens (tertiary/aromatic N) is 5. The Hall–Kier alpha value is -3.64. The van der Waals surface area contributed by atoms with Crippen LogP contribution in [-0.2, 0) is 16.0 Å². The Morgan fingerprint density at radius 2 is 1.92 bits per heavy atom. The van der Waals surface area contributed by atoms with Gasteiger partial charge in [-0.2, -0.15) is 10.5 Å². The third-order valence-electron chi connectivity index (χ3n) is 6.14. The lowest BCUT2D eigenvalue weighted by molar-refractivity contribution is -0.129. The first-order chi connectivity index (χ1) is 17.2. The van der Waals surface area contributed by atoms with E-state index in [0.29, 0.717) is 17.5 Å². The second-order valence-electron chi connectivity index (χ2n) is 8.52. The molecule has 188 valence electrons. The van der Waals surface area contributed by atoms with Gasteiger partial charge >= 0.3 is 0 Å². The molecule has 10 nitrogen and oxygen atoms in total. The Balaban J connectivity index is 1.99. The molecule has 1 fully saturated rings. The zero-order chi connectivity index (χ0) is 26.4. The van der Waals surface area contributed by atoms with E-state index in [2.05, 4.69) is 17.1 Å². The molecule has 0 aliphatic carbocycles. The minimum absolute atomic E-state index is 0.114. The van der Waals surface area contributed by atoms with E-state index >= 15 is 0 Å². The Bertz CT molecular complexity index is 1210. The number of hydrogen-bond donors (Lipinski definition) is 3. The van der Waals surface area contributed by atoms with Crippen molar-refractivity contribution in [2.75, 3.05) is 38.2 Å². The van der Waals surface area contributed by atoms with Crippen molar-refractivity contribution in [2.45, 2.75) is 29.7 Å². The van der Waals surface area contributed by atoms with Crippen molar-refractivity contribution < 1.29 is 19.8 Å². The molecule has 2 aromatic rings. The number of primary amides is 1. The molecule has 3 rings (SSSR count). The first-order valence-corrected chi connectivity index (χ1v) is 12.3. The summed E-state index contributed by atoms with van der Waals surface area (Å²) in [5, 5.41) is 38.7. The smallest absolute Gasteiger partial charge is 0.242 e. The molecule has 0 spiro atoms. The Morgan fingerprint density at radius 3 is 2.44 bits per heavy atom. The molecule has 3 atom stereocenters. The first kappa shape index (κ1) is 27.0. The number of aliphatic hydroxyl groups is 2. The van der Waals surface area contributed by atoms with Crippen LogP contribution < -0.4 is 10.6 Å². The van der Waals surface area contributed by atoms with Crippen molar-refractivity contribution in [2.24, 2.45) is 11.7 Å². The summed E-state index contributed by atoms with van der Waals surface area (Å²) in [5.41, 5.74) is 7.18. The van der Waals surface area contributed by atoms with Crippen LogP contribution in [0.25, 0.3) is 0 Å². The molecule has 1 aliphatic rings. The fraction of sp³-hybridized carbons (Fsp3) is 0.400. The van der Waals surface area contributed by atoms with Crippen molar-refractivity contribution in [3.05, 3.63) is 52.6 Å². The number of aliphatic hydroxyl groups excluding tert-OH is 2. The van der Waals surface area contributed by atoms with Gasteiger partial charge in [0.1, 0.15) is 28.2 Å². The molecule has 4 N–H and O–H groups in total. The van der Waals surface area contributed by atoms with Crippen LogP contribution >= 0.6 is 11.8 Å². The molecule has 0 radical (unpaired) electrons. The summed E-state index contributed by atoms with van der Waals surface area (Å²) in [6.07, 6.45) is -0.440. The quantitative estimate of drug-likeness (QED) is 0.418. The number of anilines is 1. The predicted molar refractivity (Wildman–Crippen MR) is 134 cm³/mol. The molecule has 0 bridgehead atoms. The lowest BCUT2D eigenvalue weighted by Gasteiger charge is -2.25. The van der Waals surface area contributed by atoms with Crippen LogP contribution in [0, 0.1) is 28.6 Å². The Morgan fingerprint density at radius 1 is 1.25 bits per heavy atom. The van der Waals surface area contributed by atoms with Gasteiger partial charge in [0.15, 0.2) is 0 Å². The summed E-state index contributed by atoms with van der Waals surface area (Å²) < 4.78 is 0. The number of rotatable bonds is 9. The summed E-state index contributed by atoms with van der Waals surface area (Å²) in [5.74, 6) is -1.09. The topological polar surface area (TPSA) is 168 Å². The van der Waals surface area contributed by atoms with Gasteiger partial charge < -0.3 is 25.7 Å². The molecule has 2 amide bonds. The monoisotopic (exact) mass is 508 g/mol. The number of β-amino-alcohol motifs (C(OH)–C–C–N with tert-alkyl or cyclic N) is 1. The van der Waals surface area contributed by atoms with Crippen LogP contribution in [0.1, 0.15) is 34.4 Å². The Labute approximate surface area is 213 Å². The highest BCUT2D eigenvalue weighted by molar-refractivity contribution is 8.00. The molecule has 0 saturated carbocycles. The Kier molecular flexibility index (Phi) is 8.88.